The summed E-state index contributed by atoms with van der Waals surface area (Å²) in [6, 6.07) is 7.32. The Labute approximate surface area is 147 Å². The number of ether oxygens (including phenoxy) is 1. The molecule has 0 aliphatic heterocycles. The first kappa shape index (κ1) is 18.0. The molecule has 5 nitrogen and oxygen atoms in total. The first-order valence-electron chi connectivity index (χ1n) is 6.73. The van der Waals surface area contributed by atoms with E-state index in [0.717, 1.165) is 12.1 Å². The lowest BCUT2D eigenvalue weighted by Gasteiger charge is -2.14. The SMILES string of the molecule is C[C@@H](OC(=O)c1ccc(Cl)cc1O)C(=O)Nc1ccc(F)cc1Cl. The molecular weight excluding hydrogens is 360 g/mol. The molecule has 0 aromatic heterocycles. The molecule has 1 atom stereocenters. The summed E-state index contributed by atoms with van der Waals surface area (Å²) < 4.78 is 18.0. The van der Waals surface area contributed by atoms with E-state index in [1.807, 2.05) is 0 Å². The zero-order valence-electron chi connectivity index (χ0n) is 12.3. The number of anilines is 1. The van der Waals surface area contributed by atoms with Crippen molar-refractivity contribution < 1.29 is 23.8 Å². The highest BCUT2D eigenvalue weighted by Gasteiger charge is 2.21. The molecule has 0 bridgehead atoms. The molecular formula is C16H12Cl2FNO4. The number of rotatable bonds is 4. The molecule has 2 N–H and O–H groups in total. The molecule has 0 fully saturated rings. The number of aromatic hydroxyl groups is 1. The standard InChI is InChI=1S/C16H12Cl2FNO4/c1-8(15(22)20-13-5-3-10(19)7-12(13)18)24-16(23)11-4-2-9(17)6-14(11)21/h2-8,21H,1H3,(H,20,22)/t8-/m1/s1. The second kappa shape index (κ2) is 7.51. The minimum absolute atomic E-state index is 0.0113. The van der Waals surface area contributed by atoms with Gasteiger partial charge in [-0.1, -0.05) is 23.2 Å². The van der Waals surface area contributed by atoms with Gasteiger partial charge >= 0.3 is 5.97 Å². The Morgan fingerprint density at radius 3 is 2.54 bits per heavy atom. The molecule has 0 saturated carbocycles. The van der Waals surface area contributed by atoms with Gasteiger partial charge in [-0.05, 0) is 43.3 Å². The first-order valence-corrected chi connectivity index (χ1v) is 7.49. The van der Waals surface area contributed by atoms with E-state index in [4.69, 9.17) is 27.9 Å². The molecule has 0 radical (unpaired) electrons. The van der Waals surface area contributed by atoms with Crippen LogP contribution in [0.2, 0.25) is 10.0 Å². The number of phenolic OH excluding ortho intramolecular Hbond substituents is 1. The summed E-state index contributed by atoms with van der Waals surface area (Å²) in [7, 11) is 0. The third kappa shape index (κ3) is 4.37. The normalized spacial score (nSPS) is 11.7. The second-order valence-corrected chi connectivity index (χ2v) is 5.67. The molecule has 126 valence electrons. The largest absolute Gasteiger partial charge is 0.507 e. The van der Waals surface area contributed by atoms with Gasteiger partial charge in [0.15, 0.2) is 6.10 Å². The molecule has 0 saturated heterocycles. The van der Waals surface area contributed by atoms with E-state index in [2.05, 4.69) is 5.32 Å². The summed E-state index contributed by atoms with van der Waals surface area (Å²) in [5, 5.41) is 12.4. The van der Waals surface area contributed by atoms with Gasteiger partial charge in [0.2, 0.25) is 0 Å². The van der Waals surface area contributed by atoms with E-state index < -0.39 is 23.8 Å². The molecule has 0 heterocycles. The van der Waals surface area contributed by atoms with Crippen molar-refractivity contribution in [3.8, 4) is 5.75 Å². The number of benzene rings is 2. The van der Waals surface area contributed by atoms with Crippen LogP contribution in [0.4, 0.5) is 10.1 Å². The fraction of sp³-hybridized carbons (Fsp3) is 0.125. The molecule has 24 heavy (non-hydrogen) atoms. The van der Waals surface area contributed by atoms with Crippen molar-refractivity contribution >= 4 is 40.8 Å². The Balaban J connectivity index is 2.04. The van der Waals surface area contributed by atoms with Crippen LogP contribution in [0.3, 0.4) is 0 Å². The van der Waals surface area contributed by atoms with Gasteiger partial charge in [-0.3, -0.25) is 4.79 Å². The van der Waals surface area contributed by atoms with Crippen molar-refractivity contribution in [3.63, 3.8) is 0 Å². The molecule has 2 rings (SSSR count). The average Bonchev–Trinajstić information content (AvgIpc) is 2.49. The van der Waals surface area contributed by atoms with E-state index >= 15 is 0 Å². The van der Waals surface area contributed by atoms with Crippen molar-refractivity contribution in [1.82, 2.24) is 0 Å². The van der Waals surface area contributed by atoms with Gasteiger partial charge in [0.25, 0.3) is 5.91 Å². The van der Waals surface area contributed by atoms with E-state index in [-0.39, 0.29) is 27.0 Å². The Kier molecular flexibility index (Phi) is 5.64. The van der Waals surface area contributed by atoms with Gasteiger partial charge in [-0.25, -0.2) is 9.18 Å². The Hall–Kier alpha value is -2.31. The summed E-state index contributed by atoms with van der Waals surface area (Å²) in [6.07, 6.45) is -1.17. The summed E-state index contributed by atoms with van der Waals surface area (Å²) in [5.74, 6) is -2.46. The molecule has 0 aliphatic carbocycles. The smallest absolute Gasteiger partial charge is 0.342 e. The fourth-order valence-electron chi connectivity index (χ4n) is 1.78. The number of hydrogen-bond acceptors (Lipinski definition) is 4. The number of hydrogen-bond donors (Lipinski definition) is 2. The topological polar surface area (TPSA) is 75.6 Å². The highest BCUT2D eigenvalue weighted by molar-refractivity contribution is 6.33. The third-order valence-electron chi connectivity index (χ3n) is 3.02. The van der Waals surface area contributed by atoms with Crippen LogP contribution in [-0.4, -0.2) is 23.1 Å². The molecule has 0 unspecified atom stereocenters. The van der Waals surface area contributed by atoms with Crippen LogP contribution in [0, 0.1) is 5.82 Å². The van der Waals surface area contributed by atoms with Gasteiger partial charge < -0.3 is 15.2 Å². The predicted molar refractivity (Wildman–Crippen MR) is 88.0 cm³/mol. The Morgan fingerprint density at radius 2 is 1.92 bits per heavy atom. The number of halogens is 3. The highest BCUT2D eigenvalue weighted by atomic mass is 35.5. The van der Waals surface area contributed by atoms with Gasteiger partial charge in [-0.2, -0.15) is 0 Å². The van der Waals surface area contributed by atoms with Crippen LogP contribution >= 0.6 is 23.2 Å². The minimum Gasteiger partial charge on any atom is -0.507 e. The zero-order chi connectivity index (χ0) is 17.9. The quantitative estimate of drug-likeness (QED) is 0.795. The molecule has 0 spiro atoms. The van der Waals surface area contributed by atoms with Crippen LogP contribution in [0.1, 0.15) is 17.3 Å². The molecule has 0 aliphatic rings. The van der Waals surface area contributed by atoms with Gasteiger partial charge in [0.1, 0.15) is 17.1 Å². The molecule has 8 heteroatoms. The summed E-state index contributed by atoms with van der Waals surface area (Å²) in [4.78, 5) is 24.0. The summed E-state index contributed by atoms with van der Waals surface area (Å²) in [5.41, 5.74) is 0.0548. The monoisotopic (exact) mass is 371 g/mol. The lowest BCUT2D eigenvalue weighted by Crippen LogP contribution is -2.30. The van der Waals surface area contributed by atoms with Gasteiger partial charge in [0, 0.05) is 5.02 Å². The van der Waals surface area contributed by atoms with Crippen LogP contribution < -0.4 is 5.32 Å². The van der Waals surface area contributed by atoms with Crippen molar-refractivity contribution in [2.75, 3.05) is 5.32 Å². The Bertz CT molecular complexity index is 798. The highest BCUT2D eigenvalue weighted by Crippen LogP contribution is 2.24. The summed E-state index contributed by atoms with van der Waals surface area (Å²) in [6.45, 7) is 1.34. The van der Waals surface area contributed by atoms with E-state index in [1.165, 1.54) is 31.2 Å². The lowest BCUT2D eigenvalue weighted by molar-refractivity contribution is -0.123. The van der Waals surface area contributed by atoms with Crippen molar-refractivity contribution in [2.45, 2.75) is 13.0 Å². The maximum absolute atomic E-state index is 13.0. The number of nitrogens with one attached hydrogen (secondary N) is 1. The van der Waals surface area contributed by atoms with Gasteiger partial charge in [0.05, 0.1) is 10.7 Å². The van der Waals surface area contributed by atoms with Crippen LogP contribution in [0.15, 0.2) is 36.4 Å². The average molecular weight is 372 g/mol. The van der Waals surface area contributed by atoms with E-state index in [1.54, 1.807) is 0 Å². The van der Waals surface area contributed by atoms with Crippen LogP contribution in [-0.2, 0) is 9.53 Å². The lowest BCUT2D eigenvalue weighted by atomic mass is 10.2. The number of amides is 1. The van der Waals surface area contributed by atoms with Crippen LogP contribution in [0.5, 0.6) is 5.75 Å². The molecule has 1 amide bonds. The maximum Gasteiger partial charge on any atom is 0.342 e. The van der Waals surface area contributed by atoms with Gasteiger partial charge in [-0.15, -0.1) is 0 Å². The predicted octanol–water partition coefficient (Wildman–Crippen LogP) is 4.02. The third-order valence-corrected chi connectivity index (χ3v) is 3.57. The van der Waals surface area contributed by atoms with Crippen molar-refractivity contribution in [3.05, 3.63) is 57.8 Å². The number of esters is 1. The Morgan fingerprint density at radius 1 is 1.21 bits per heavy atom. The van der Waals surface area contributed by atoms with Crippen LogP contribution in [0.25, 0.3) is 0 Å². The molecule has 2 aromatic rings. The number of phenols is 1. The zero-order valence-corrected chi connectivity index (χ0v) is 13.9. The number of carbonyl (C=O) groups excluding carboxylic acids is 2. The fourth-order valence-corrected chi connectivity index (χ4v) is 2.16. The van der Waals surface area contributed by atoms with E-state index in [9.17, 15) is 19.1 Å². The first-order chi connectivity index (χ1) is 11.3. The maximum atomic E-state index is 13.0. The van der Waals surface area contributed by atoms with Crippen molar-refractivity contribution in [2.24, 2.45) is 0 Å². The second-order valence-electron chi connectivity index (χ2n) is 4.82. The number of carbonyl (C=O) groups is 2. The van der Waals surface area contributed by atoms with Crippen molar-refractivity contribution in [1.29, 1.82) is 0 Å². The molecule has 2 aromatic carbocycles. The minimum atomic E-state index is -1.17. The van der Waals surface area contributed by atoms with E-state index in [0.29, 0.717) is 0 Å². The summed E-state index contributed by atoms with van der Waals surface area (Å²) >= 11 is 11.5.